The van der Waals surface area contributed by atoms with Crippen molar-refractivity contribution < 1.29 is 27.1 Å². The Labute approximate surface area is 210 Å². The van der Waals surface area contributed by atoms with Gasteiger partial charge in [0.15, 0.2) is 4.80 Å². The number of rotatable bonds is 7. The van der Waals surface area contributed by atoms with Crippen LogP contribution in [-0.2, 0) is 21.3 Å². The van der Waals surface area contributed by atoms with E-state index in [0.717, 1.165) is 34.5 Å². The van der Waals surface area contributed by atoms with E-state index in [9.17, 15) is 22.4 Å². The Hall–Kier alpha value is -4.09. The second-order valence-electron chi connectivity index (χ2n) is 7.51. The number of carbonyl (C=O) groups is 2. The summed E-state index contributed by atoms with van der Waals surface area (Å²) < 4.78 is 47.8. The van der Waals surface area contributed by atoms with Crippen LogP contribution in [0.4, 0.5) is 10.1 Å². The number of thiazole rings is 1. The molecule has 0 radical (unpaired) electrons. The fourth-order valence-corrected chi connectivity index (χ4v) is 5.50. The summed E-state index contributed by atoms with van der Waals surface area (Å²) in [6, 6.07) is 15.3. The van der Waals surface area contributed by atoms with Gasteiger partial charge in [-0.05, 0) is 66.7 Å². The molecule has 4 rings (SSSR count). The number of halogens is 1. The molecule has 0 fully saturated rings. The van der Waals surface area contributed by atoms with Crippen LogP contribution in [0, 0.1) is 5.82 Å². The predicted molar refractivity (Wildman–Crippen MR) is 135 cm³/mol. The summed E-state index contributed by atoms with van der Waals surface area (Å²) in [6.45, 7) is 4.15. The minimum absolute atomic E-state index is 0.0917. The maximum atomic E-state index is 13.1. The lowest BCUT2D eigenvalue weighted by Crippen LogP contribution is -2.16. The van der Waals surface area contributed by atoms with E-state index in [1.54, 1.807) is 28.8 Å². The van der Waals surface area contributed by atoms with Gasteiger partial charge in [0.05, 0.1) is 27.8 Å². The van der Waals surface area contributed by atoms with Crippen molar-refractivity contribution in [1.82, 2.24) is 4.57 Å². The third-order valence-electron chi connectivity index (χ3n) is 5.12. The molecule has 0 saturated heterocycles. The number of benzene rings is 3. The molecule has 0 aliphatic carbocycles. The molecule has 0 unspecified atom stereocenters. The molecular formula is C25H20FN3O5S2. The number of nitrogens with zero attached hydrogens (tertiary/aromatic N) is 2. The first kappa shape index (κ1) is 25.0. The smallest absolute Gasteiger partial charge is 0.337 e. The lowest BCUT2D eigenvalue weighted by Gasteiger charge is -2.08. The molecule has 0 aliphatic heterocycles. The number of esters is 1. The van der Waals surface area contributed by atoms with Gasteiger partial charge in [0, 0.05) is 17.8 Å². The Morgan fingerprint density at radius 1 is 1.08 bits per heavy atom. The topological polar surface area (TPSA) is 107 Å². The number of anilines is 1. The summed E-state index contributed by atoms with van der Waals surface area (Å²) in [4.78, 5) is 29.3. The molecule has 1 N–H and O–H groups in total. The van der Waals surface area contributed by atoms with Crippen LogP contribution in [0.3, 0.4) is 0 Å². The predicted octanol–water partition coefficient (Wildman–Crippen LogP) is 4.36. The lowest BCUT2D eigenvalue weighted by atomic mass is 10.2. The first-order valence-electron chi connectivity index (χ1n) is 10.5. The van der Waals surface area contributed by atoms with Crippen LogP contribution in [-0.4, -0.2) is 32.0 Å². The van der Waals surface area contributed by atoms with Gasteiger partial charge in [-0.2, -0.15) is 4.99 Å². The summed E-state index contributed by atoms with van der Waals surface area (Å²) in [5.41, 5.74) is 1.64. The summed E-state index contributed by atoms with van der Waals surface area (Å²) in [6.07, 6.45) is 1.67. The Morgan fingerprint density at radius 2 is 1.75 bits per heavy atom. The zero-order valence-corrected chi connectivity index (χ0v) is 20.6. The van der Waals surface area contributed by atoms with Crippen molar-refractivity contribution in [3.8, 4) is 0 Å². The maximum absolute atomic E-state index is 13.1. The van der Waals surface area contributed by atoms with E-state index in [1.807, 2.05) is 0 Å². The molecule has 0 spiro atoms. The maximum Gasteiger partial charge on any atom is 0.337 e. The molecule has 0 aliphatic rings. The fourth-order valence-electron chi connectivity index (χ4n) is 3.37. The average molecular weight is 526 g/mol. The Kier molecular flexibility index (Phi) is 7.13. The third-order valence-corrected chi connectivity index (χ3v) is 7.56. The lowest BCUT2D eigenvalue weighted by molar-refractivity contribution is 0.0600. The second-order valence-corrected chi connectivity index (χ2v) is 10.2. The highest BCUT2D eigenvalue weighted by molar-refractivity contribution is 7.92. The number of ether oxygens (including phenoxy) is 1. The normalized spacial score (nSPS) is 11.9. The number of nitrogens with one attached hydrogen (secondary N) is 1. The highest BCUT2D eigenvalue weighted by atomic mass is 32.2. The molecule has 0 saturated carbocycles. The number of fused-ring (bicyclic) bond motifs is 1. The van der Waals surface area contributed by atoms with Crippen LogP contribution in [0.2, 0.25) is 0 Å². The minimum Gasteiger partial charge on any atom is -0.465 e. The molecule has 1 aromatic heterocycles. The monoisotopic (exact) mass is 525 g/mol. The van der Waals surface area contributed by atoms with E-state index in [0.29, 0.717) is 16.9 Å². The highest BCUT2D eigenvalue weighted by Crippen LogP contribution is 2.21. The first-order chi connectivity index (χ1) is 17.2. The van der Waals surface area contributed by atoms with E-state index in [-0.39, 0.29) is 16.1 Å². The number of allylic oxidation sites excluding steroid dienone is 1. The zero-order valence-electron chi connectivity index (χ0n) is 19.0. The van der Waals surface area contributed by atoms with E-state index < -0.39 is 27.7 Å². The van der Waals surface area contributed by atoms with Crippen LogP contribution in [0.1, 0.15) is 20.7 Å². The van der Waals surface area contributed by atoms with E-state index >= 15 is 0 Å². The van der Waals surface area contributed by atoms with Gasteiger partial charge in [-0.15, -0.1) is 6.58 Å². The number of hydrogen-bond acceptors (Lipinski definition) is 6. The number of aromatic nitrogens is 1. The summed E-state index contributed by atoms with van der Waals surface area (Å²) in [5.74, 6) is -1.54. The molecule has 11 heteroatoms. The fraction of sp³-hybridized carbons (Fsp3) is 0.0800. The van der Waals surface area contributed by atoms with Gasteiger partial charge in [0.1, 0.15) is 5.82 Å². The molecule has 8 nitrogen and oxygen atoms in total. The SMILES string of the molecule is C=CCn1c(=NC(=O)c2ccc(NS(=O)(=O)c3ccc(F)cc3)cc2)sc2cc(C(=O)OC)ccc21. The number of amides is 1. The molecule has 0 bridgehead atoms. The van der Waals surface area contributed by atoms with Crippen LogP contribution < -0.4 is 9.52 Å². The van der Waals surface area contributed by atoms with Crippen LogP contribution in [0.5, 0.6) is 0 Å². The molecule has 184 valence electrons. The van der Waals surface area contributed by atoms with Crippen LogP contribution >= 0.6 is 11.3 Å². The minimum atomic E-state index is -3.92. The van der Waals surface area contributed by atoms with E-state index in [1.165, 1.54) is 42.7 Å². The van der Waals surface area contributed by atoms with Gasteiger partial charge < -0.3 is 9.30 Å². The summed E-state index contributed by atoms with van der Waals surface area (Å²) >= 11 is 1.24. The molecule has 1 amide bonds. The quantitative estimate of drug-likeness (QED) is 0.285. The van der Waals surface area contributed by atoms with E-state index in [2.05, 4.69) is 16.3 Å². The first-order valence-corrected chi connectivity index (χ1v) is 12.8. The Bertz CT molecular complexity index is 1640. The van der Waals surface area contributed by atoms with Crippen LogP contribution in [0.15, 0.2) is 89.3 Å². The molecule has 3 aromatic carbocycles. The van der Waals surface area contributed by atoms with Crippen molar-refractivity contribution >= 4 is 49.1 Å². The van der Waals surface area contributed by atoms with Crippen molar-refractivity contribution in [2.75, 3.05) is 11.8 Å². The zero-order chi connectivity index (χ0) is 25.9. The highest BCUT2D eigenvalue weighted by Gasteiger charge is 2.15. The standard InChI is InChI=1S/C25H20FN3O5S2/c1-3-14-29-21-13-6-17(24(31)34-2)15-22(21)35-25(29)27-23(30)16-4-9-19(10-5-16)28-36(32,33)20-11-7-18(26)8-12-20/h3-13,15,28H,1,14H2,2H3. The van der Waals surface area contributed by atoms with Gasteiger partial charge in [-0.25, -0.2) is 17.6 Å². The van der Waals surface area contributed by atoms with Gasteiger partial charge in [-0.1, -0.05) is 17.4 Å². The summed E-state index contributed by atoms with van der Waals surface area (Å²) in [7, 11) is -2.62. The van der Waals surface area contributed by atoms with Crippen molar-refractivity contribution in [2.45, 2.75) is 11.4 Å². The molecule has 1 heterocycles. The van der Waals surface area contributed by atoms with Crippen LogP contribution in [0.25, 0.3) is 10.2 Å². The molecule has 36 heavy (non-hydrogen) atoms. The van der Waals surface area contributed by atoms with Gasteiger partial charge in [-0.3, -0.25) is 9.52 Å². The molecular weight excluding hydrogens is 505 g/mol. The Morgan fingerprint density at radius 3 is 2.39 bits per heavy atom. The van der Waals surface area contributed by atoms with Crippen molar-refractivity contribution in [2.24, 2.45) is 4.99 Å². The van der Waals surface area contributed by atoms with E-state index in [4.69, 9.17) is 4.74 Å². The average Bonchev–Trinajstić information content (AvgIpc) is 3.20. The van der Waals surface area contributed by atoms with Gasteiger partial charge in [0.25, 0.3) is 15.9 Å². The number of sulfonamides is 1. The molecule has 4 aromatic rings. The Balaban J connectivity index is 1.62. The molecule has 0 atom stereocenters. The number of hydrogen-bond donors (Lipinski definition) is 1. The number of carbonyl (C=O) groups excluding carboxylic acids is 2. The van der Waals surface area contributed by atoms with Crippen molar-refractivity contribution in [3.63, 3.8) is 0 Å². The number of methoxy groups -OCH3 is 1. The van der Waals surface area contributed by atoms with Gasteiger partial charge in [0.2, 0.25) is 0 Å². The second kappa shape index (κ2) is 10.3. The van der Waals surface area contributed by atoms with Crippen molar-refractivity contribution in [1.29, 1.82) is 0 Å². The van der Waals surface area contributed by atoms with Crippen molar-refractivity contribution in [3.05, 3.63) is 101 Å². The summed E-state index contributed by atoms with van der Waals surface area (Å²) in [5, 5.41) is 0. The largest absolute Gasteiger partial charge is 0.465 e. The van der Waals surface area contributed by atoms with Gasteiger partial charge >= 0.3 is 5.97 Å². The third kappa shape index (κ3) is 5.26.